The lowest BCUT2D eigenvalue weighted by molar-refractivity contribution is 0.259. The Morgan fingerprint density at radius 1 is 1.50 bits per heavy atom. The summed E-state index contributed by atoms with van der Waals surface area (Å²) >= 11 is 6.96. The molecule has 1 unspecified atom stereocenters. The molecule has 0 aliphatic carbocycles. The Hall–Kier alpha value is 0.0300. The predicted octanol–water partition coefficient (Wildman–Crippen LogP) is 3.18. The molecule has 2 rings (SSSR count). The predicted molar refractivity (Wildman–Crippen MR) is 81.6 cm³/mol. The van der Waals surface area contributed by atoms with Crippen LogP contribution in [0.5, 0.6) is 0 Å². The molecular formula is C13H19Br2N3. The number of rotatable bonds is 5. The van der Waals surface area contributed by atoms with Crippen LogP contribution in [0.25, 0.3) is 0 Å². The lowest BCUT2D eigenvalue weighted by Crippen LogP contribution is -2.37. The molecule has 1 aromatic rings. The quantitative estimate of drug-likeness (QED) is 0.855. The van der Waals surface area contributed by atoms with Gasteiger partial charge in [0.05, 0.1) is 5.69 Å². The van der Waals surface area contributed by atoms with Crippen LogP contribution >= 0.6 is 31.9 Å². The van der Waals surface area contributed by atoms with E-state index < -0.39 is 0 Å². The Bertz CT molecular complexity index is 398. The number of likely N-dealkylation sites (tertiary alicyclic amines) is 1. The van der Waals surface area contributed by atoms with Crippen LogP contribution in [0.2, 0.25) is 0 Å². The van der Waals surface area contributed by atoms with Crippen LogP contribution in [-0.2, 0) is 6.54 Å². The fourth-order valence-corrected chi connectivity index (χ4v) is 3.60. The fraction of sp³-hybridized carbons (Fsp3) is 0.615. The van der Waals surface area contributed by atoms with Gasteiger partial charge >= 0.3 is 0 Å². The van der Waals surface area contributed by atoms with Crippen LogP contribution in [0.3, 0.4) is 0 Å². The molecule has 1 N–H and O–H groups in total. The zero-order valence-electron chi connectivity index (χ0n) is 10.6. The van der Waals surface area contributed by atoms with Crippen LogP contribution in [0.4, 0.5) is 0 Å². The summed E-state index contributed by atoms with van der Waals surface area (Å²) in [5.74, 6) is 0. The third-order valence-corrected chi connectivity index (χ3v) is 4.58. The molecule has 0 amide bonds. The highest BCUT2D eigenvalue weighted by atomic mass is 79.9. The van der Waals surface area contributed by atoms with Gasteiger partial charge in [0.2, 0.25) is 0 Å². The number of nitrogens with zero attached hydrogens (tertiary/aromatic N) is 2. The second-order valence-electron chi connectivity index (χ2n) is 4.64. The van der Waals surface area contributed by atoms with Gasteiger partial charge in [-0.15, -0.1) is 0 Å². The van der Waals surface area contributed by atoms with Crippen molar-refractivity contribution >= 4 is 31.9 Å². The van der Waals surface area contributed by atoms with Gasteiger partial charge in [0.25, 0.3) is 0 Å². The van der Waals surface area contributed by atoms with E-state index in [-0.39, 0.29) is 0 Å². The molecule has 0 aromatic carbocycles. The van der Waals surface area contributed by atoms with Crippen molar-refractivity contribution in [2.75, 3.05) is 19.6 Å². The monoisotopic (exact) mass is 375 g/mol. The van der Waals surface area contributed by atoms with Crippen molar-refractivity contribution in [3.05, 3.63) is 26.9 Å². The standard InChI is InChI=1S/C13H19Br2N3/c1-2-18-5-3-4-11(18)8-16-9-13-12(15)6-10(14)7-17-13/h6-7,11,16H,2-5,8-9H2,1H3. The Morgan fingerprint density at radius 2 is 2.33 bits per heavy atom. The van der Waals surface area contributed by atoms with Gasteiger partial charge in [0.1, 0.15) is 0 Å². The molecule has 2 heterocycles. The summed E-state index contributed by atoms with van der Waals surface area (Å²) in [4.78, 5) is 6.96. The van der Waals surface area contributed by atoms with Crippen LogP contribution in [0.15, 0.2) is 21.2 Å². The highest BCUT2D eigenvalue weighted by Crippen LogP contribution is 2.20. The van der Waals surface area contributed by atoms with Crippen LogP contribution in [0.1, 0.15) is 25.5 Å². The molecular weight excluding hydrogens is 358 g/mol. The highest BCUT2D eigenvalue weighted by Gasteiger charge is 2.22. The first-order valence-electron chi connectivity index (χ1n) is 6.45. The Morgan fingerprint density at radius 3 is 3.06 bits per heavy atom. The van der Waals surface area contributed by atoms with E-state index >= 15 is 0 Å². The number of halogens is 2. The Kier molecular flexibility index (Phi) is 5.60. The second kappa shape index (κ2) is 6.98. The van der Waals surface area contributed by atoms with Gasteiger partial charge in [-0.25, -0.2) is 0 Å². The van der Waals surface area contributed by atoms with Crippen LogP contribution in [0, 0.1) is 0 Å². The van der Waals surface area contributed by atoms with E-state index in [1.807, 2.05) is 12.3 Å². The zero-order valence-corrected chi connectivity index (χ0v) is 13.8. The third-order valence-electron chi connectivity index (χ3n) is 3.46. The first-order valence-corrected chi connectivity index (χ1v) is 8.04. The molecule has 100 valence electrons. The fourth-order valence-electron chi connectivity index (χ4n) is 2.47. The van der Waals surface area contributed by atoms with Gasteiger partial charge < -0.3 is 5.32 Å². The van der Waals surface area contributed by atoms with E-state index in [1.54, 1.807) is 0 Å². The molecule has 1 aromatic heterocycles. The summed E-state index contributed by atoms with van der Waals surface area (Å²) < 4.78 is 2.06. The highest BCUT2D eigenvalue weighted by molar-refractivity contribution is 9.11. The summed E-state index contributed by atoms with van der Waals surface area (Å²) in [6.07, 6.45) is 4.49. The van der Waals surface area contributed by atoms with Gasteiger partial charge in [-0.2, -0.15) is 0 Å². The molecule has 1 aliphatic heterocycles. The lowest BCUT2D eigenvalue weighted by Gasteiger charge is -2.23. The summed E-state index contributed by atoms with van der Waals surface area (Å²) in [7, 11) is 0. The second-order valence-corrected chi connectivity index (χ2v) is 6.41. The van der Waals surface area contributed by atoms with E-state index in [1.165, 1.54) is 19.4 Å². The molecule has 0 saturated carbocycles. The SMILES string of the molecule is CCN1CCCC1CNCc1ncc(Br)cc1Br. The Balaban J connectivity index is 1.81. The molecule has 5 heteroatoms. The number of likely N-dealkylation sites (N-methyl/N-ethyl adjacent to an activating group) is 1. The van der Waals surface area contributed by atoms with Crippen molar-refractivity contribution < 1.29 is 0 Å². The maximum Gasteiger partial charge on any atom is 0.0684 e. The zero-order chi connectivity index (χ0) is 13.0. The third kappa shape index (κ3) is 3.76. The molecule has 0 bridgehead atoms. The first kappa shape index (κ1) is 14.4. The van der Waals surface area contributed by atoms with Crippen molar-refractivity contribution in [2.24, 2.45) is 0 Å². The van der Waals surface area contributed by atoms with E-state index in [4.69, 9.17) is 0 Å². The lowest BCUT2D eigenvalue weighted by atomic mass is 10.2. The summed E-state index contributed by atoms with van der Waals surface area (Å²) in [6.45, 7) is 6.53. The van der Waals surface area contributed by atoms with Gasteiger partial charge in [-0.3, -0.25) is 9.88 Å². The minimum atomic E-state index is 0.698. The number of pyridine rings is 1. The number of nitrogens with one attached hydrogen (secondary N) is 1. The maximum absolute atomic E-state index is 4.41. The van der Waals surface area contributed by atoms with Crippen molar-refractivity contribution in [1.82, 2.24) is 15.2 Å². The smallest absolute Gasteiger partial charge is 0.0684 e. The Labute approximate surface area is 126 Å². The van der Waals surface area contributed by atoms with Crippen LogP contribution in [-0.4, -0.2) is 35.6 Å². The normalized spacial score (nSPS) is 20.5. The molecule has 18 heavy (non-hydrogen) atoms. The molecule has 1 atom stereocenters. The average Bonchev–Trinajstić information content (AvgIpc) is 2.79. The van der Waals surface area contributed by atoms with Gasteiger partial charge in [-0.1, -0.05) is 6.92 Å². The van der Waals surface area contributed by atoms with Crippen LogP contribution < -0.4 is 5.32 Å². The van der Waals surface area contributed by atoms with E-state index in [0.29, 0.717) is 6.04 Å². The topological polar surface area (TPSA) is 28.2 Å². The van der Waals surface area contributed by atoms with Crippen molar-refractivity contribution in [3.8, 4) is 0 Å². The number of hydrogen-bond acceptors (Lipinski definition) is 3. The van der Waals surface area contributed by atoms with E-state index in [0.717, 1.165) is 34.3 Å². The molecule has 0 spiro atoms. The average molecular weight is 377 g/mol. The summed E-state index contributed by atoms with van der Waals surface area (Å²) in [5, 5.41) is 3.52. The van der Waals surface area contributed by atoms with Crippen molar-refractivity contribution in [1.29, 1.82) is 0 Å². The first-order chi connectivity index (χ1) is 8.70. The van der Waals surface area contributed by atoms with E-state index in [2.05, 4.69) is 54.0 Å². The molecule has 1 saturated heterocycles. The molecule has 3 nitrogen and oxygen atoms in total. The summed E-state index contributed by atoms with van der Waals surface area (Å²) in [5.41, 5.74) is 1.07. The van der Waals surface area contributed by atoms with Gasteiger partial charge in [0, 0.05) is 34.3 Å². The van der Waals surface area contributed by atoms with Crippen molar-refractivity contribution in [3.63, 3.8) is 0 Å². The number of hydrogen-bond donors (Lipinski definition) is 1. The van der Waals surface area contributed by atoms with Gasteiger partial charge in [0.15, 0.2) is 0 Å². The molecule has 1 fully saturated rings. The molecule has 1 aliphatic rings. The molecule has 0 radical (unpaired) electrons. The largest absolute Gasteiger partial charge is 0.310 e. The minimum absolute atomic E-state index is 0.698. The maximum atomic E-state index is 4.41. The minimum Gasteiger partial charge on any atom is -0.310 e. The summed E-state index contributed by atoms with van der Waals surface area (Å²) in [6, 6.07) is 2.74. The number of aromatic nitrogens is 1. The van der Waals surface area contributed by atoms with Crippen molar-refractivity contribution in [2.45, 2.75) is 32.4 Å². The van der Waals surface area contributed by atoms with Gasteiger partial charge in [-0.05, 0) is 63.9 Å². The van der Waals surface area contributed by atoms with E-state index in [9.17, 15) is 0 Å².